The minimum absolute atomic E-state index is 0.117. The number of nitrogens with one attached hydrogen (secondary N) is 1. The van der Waals surface area contributed by atoms with Gasteiger partial charge < -0.3 is 9.73 Å². The van der Waals surface area contributed by atoms with Crippen LogP contribution in [0.25, 0.3) is 11.0 Å². The summed E-state index contributed by atoms with van der Waals surface area (Å²) in [6, 6.07) is 1.90. The van der Waals surface area contributed by atoms with Crippen LogP contribution in [0.1, 0.15) is 22.4 Å². The smallest absolute Gasteiger partial charge is 0.230 e. The topological polar surface area (TPSA) is 55.1 Å². The Hall–Kier alpha value is -1.85. The standard InChI is InChI=1S/C16H15ClN2O2S/c1-8-4-12-14(10(3)15(8)17)11(6-21-12)5-13(20)19-16-18-9(2)7-22-16/h4,6-7H,5H2,1-3H3,(H,18,19,20). The van der Waals surface area contributed by atoms with Crippen molar-refractivity contribution in [2.75, 3.05) is 5.32 Å². The average Bonchev–Trinajstić information content (AvgIpc) is 3.03. The van der Waals surface area contributed by atoms with Crippen LogP contribution >= 0.6 is 22.9 Å². The molecule has 0 atom stereocenters. The van der Waals surface area contributed by atoms with Gasteiger partial charge in [0.1, 0.15) is 5.58 Å². The summed E-state index contributed by atoms with van der Waals surface area (Å²) >= 11 is 7.72. The molecule has 0 aliphatic heterocycles. The van der Waals surface area contributed by atoms with Gasteiger partial charge in [-0.3, -0.25) is 4.79 Å². The Morgan fingerprint density at radius 3 is 2.86 bits per heavy atom. The number of carbonyl (C=O) groups is 1. The Bertz CT molecular complexity index is 867. The zero-order valence-electron chi connectivity index (χ0n) is 12.5. The third-order valence-electron chi connectivity index (χ3n) is 3.51. The van der Waals surface area contributed by atoms with E-state index in [4.69, 9.17) is 16.0 Å². The Morgan fingerprint density at radius 1 is 1.41 bits per heavy atom. The number of hydrogen-bond donors (Lipinski definition) is 1. The summed E-state index contributed by atoms with van der Waals surface area (Å²) in [5.41, 5.74) is 4.40. The van der Waals surface area contributed by atoms with E-state index in [1.165, 1.54) is 11.3 Å². The van der Waals surface area contributed by atoms with E-state index >= 15 is 0 Å². The summed E-state index contributed by atoms with van der Waals surface area (Å²) in [4.78, 5) is 16.4. The maximum Gasteiger partial charge on any atom is 0.230 e. The molecule has 2 heterocycles. The molecule has 1 N–H and O–H groups in total. The summed E-state index contributed by atoms with van der Waals surface area (Å²) in [5, 5.41) is 6.95. The van der Waals surface area contributed by atoms with E-state index in [-0.39, 0.29) is 12.3 Å². The first-order valence-corrected chi connectivity index (χ1v) is 8.09. The number of amides is 1. The molecule has 0 saturated carbocycles. The molecule has 0 unspecified atom stereocenters. The fraction of sp³-hybridized carbons (Fsp3) is 0.250. The van der Waals surface area contributed by atoms with E-state index in [1.807, 2.05) is 32.2 Å². The van der Waals surface area contributed by atoms with Gasteiger partial charge in [0.15, 0.2) is 5.13 Å². The van der Waals surface area contributed by atoms with Gasteiger partial charge in [-0.05, 0) is 38.0 Å². The second-order valence-electron chi connectivity index (χ2n) is 5.29. The lowest BCUT2D eigenvalue weighted by atomic mass is 10.0. The van der Waals surface area contributed by atoms with E-state index in [0.717, 1.165) is 33.4 Å². The third-order valence-corrected chi connectivity index (χ3v) is 4.97. The highest BCUT2D eigenvalue weighted by molar-refractivity contribution is 7.13. The van der Waals surface area contributed by atoms with Crippen molar-refractivity contribution < 1.29 is 9.21 Å². The van der Waals surface area contributed by atoms with Crippen LogP contribution in [0.15, 0.2) is 22.1 Å². The van der Waals surface area contributed by atoms with E-state index in [1.54, 1.807) is 6.26 Å². The summed E-state index contributed by atoms with van der Waals surface area (Å²) in [7, 11) is 0. The number of thiazole rings is 1. The Morgan fingerprint density at radius 2 is 2.18 bits per heavy atom. The third kappa shape index (κ3) is 2.74. The number of benzene rings is 1. The Balaban J connectivity index is 1.88. The normalized spacial score (nSPS) is 11.1. The van der Waals surface area contributed by atoms with Crippen molar-refractivity contribution in [2.45, 2.75) is 27.2 Å². The SMILES string of the molecule is Cc1csc(NC(=O)Cc2coc3cc(C)c(Cl)c(C)c23)n1. The number of nitrogens with zero attached hydrogens (tertiary/aromatic N) is 1. The fourth-order valence-electron chi connectivity index (χ4n) is 2.49. The Labute approximate surface area is 137 Å². The quantitative estimate of drug-likeness (QED) is 0.758. The molecule has 3 aromatic rings. The summed E-state index contributed by atoms with van der Waals surface area (Å²) in [6.07, 6.45) is 1.85. The van der Waals surface area contributed by atoms with Crippen LogP contribution in [0, 0.1) is 20.8 Å². The highest BCUT2D eigenvalue weighted by Crippen LogP contribution is 2.32. The van der Waals surface area contributed by atoms with Gasteiger partial charge in [0, 0.05) is 21.4 Å². The van der Waals surface area contributed by atoms with Crippen LogP contribution in [0.4, 0.5) is 5.13 Å². The van der Waals surface area contributed by atoms with Gasteiger partial charge in [-0.1, -0.05) is 11.6 Å². The van der Waals surface area contributed by atoms with Crippen LogP contribution in [0.3, 0.4) is 0 Å². The first-order chi connectivity index (χ1) is 10.5. The van der Waals surface area contributed by atoms with Gasteiger partial charge >= 0.3 is 0 Å². The minimum atomic E-state index is -0.117. The highest BCUT2D eigenvalue weighted by atomic mass is 35.5. The van der Waals surface area contributed by atoms with E-state index in [0.29, 0.717) is 10.2 Å². The number of furan rings is 1. The first kappa shape index (κ1) is 15.1. The maximum absolute atomic E-state index is 12.2. The number of hydrogen-bond acceptors (Lipinski definition) is 4. The molecule has 1 aromatic carbocycles. The van der Waals surface area contributed by atoms with E-state index < -0.39 is 0 Å². The van der Waals surface area contributed by atoms with Crippen LogP contribution in [-0.2, 0) is 11.2 Å². The van der Waals surface area contributed by atoms with Crippen molar-refractivity contribution in [1.82, 2.24) is 4.98 Å². The monoisotopic (exact) mass is 334 g/mol. The van der Waals surface area contributed by atoms with E-state index in [9.17, 15) is 4.79 Å². The molecular formula is C16H15ClN2O2S. The minimum Gasteiger partial charge on any atom is -0.464 e. The molecule has 2 aromatic heterocycles. The highest BCUT2D eigenvalue weighted by Gasteiger charge is 2.16. The maximum atomic E-state index is 12.2. The number of carbonyl (C=O) groups excluding carboxylic acids is 1. The molecule has 0 aliphatic rings. The molecule has 4 nitrogen and oxygen atoms in total. The first-order valence-electron chi connectivity index (χ1n) is 6.83. The summed E-state index contributed by atoms with van der Waals surface area (Å²) < 4.78 is 5.57. The van der Waals surface area contributed by atoms with Gasteiger partial charge in [-0.15, -0.1) is 11.3 Å². The van der Waals surface area contributed by atoms with Crippen LogP contribution in [0.5, 0.6) is 0 Å². The lowest BCUT2D eigenvalue weighted by Gasteiger charge is -2.06. The van der Waals surface area contributed by atoms with Crippen LogP contribution in [-0.4, -0.2) is 10.9 Å². The van der Waals surface area contributed by atoms with Gasteiger partial charge in [0.05, 0.1) is 18.4 Å². The van der Waals surface area contributed by atoms with Crippen LogP contribution < -0.4 is 5.32 Å². The zero-order chi connectivity index (χ0) is 15.9. The lowest BCUT2D eigenvalue weighted by Crippen LogP contribution is -2.14. The molecule has 0 spiro atoms. The van der Waals surface area contributed by atoms with Gasteiger partial charge in [-0.2, -0.15) is 0 Å². The molecule has 0 saturated heterocycles. The molecule has 1 amide bonds. The molecular weight excluding hydrogens is 320 g/mol. The second-order valence-corrected chi connectivity index (χ2v) is 6.52. The van der Waals surface area contributed by atoms with Crippen LogP contribution in [0.2, 0.25) is 5.02 Å². The number of aromatic nitrogens is 1. The van der Waals surface area contributed by atoms with Crippen molar-refractivity contribution in [2.24, 2.45) is 0 Å². The van der Waals surface area contributed by atoms with Gasteiger partial charge in [0.25, 0.3) is 0 Å². The molecule has 22 heavy (non-hydrogen) atoms. The Kier molecular flexibility index (Phi) is 3.93. The molecule has 3 rings (SSSR count). The van der Waals surface area contributed by atoms with Gasteiger partial charge in [0.2, 0.25) is 5.91 Å². The molecule has 0 aliphatic carbocycles. The van der Waals surface area contributed by atoms with Crippen molar-refractivity contribution >= 4 is 44.9 Å². The van der Waals surface area contributed by atoms with Crippen molar-refractivity contribution in [1.29, 1.82) is 0 Å². The number of rotatable bonds is 3. The predicted molar refractivity (Wildman–Crippen MR) is 89.9 cm³/mol. The predicted octanol–water partition coefficient (Wildman–Crippen LogP) is 4.65. The number of aryl methyl sites for hydroxylation is 3. The number of fused-ring (bicyclic) bond motifs is 1. The molecule has 0 bridgehead atoms. The number of anilines is 1. The molecule has 114 valence electrons. The molecule has 0 radical (unpaired) electrons. The van der Waals surface area contributed by atoms with Gasteiger partial charge in [-0.25, -0.2) is 4.98 Å². The molecule has 6 heteroatoms. The average molecular weight is 335 g/mol. The van der Waals surface area contributed by atoms with E-state index in [2.05, 4.69) is 10.3 Å². The summed E-state index contributed by atoms with van der Waals surface area (Å²) in [5.74, 6) is -0.117. The molecule has 0 fully saturated rings. The largest absolute Gasteiger partial charge is 0.464 e. The van der Waals surface area contributed by atoms with Crippen molar-refractivity contribution in [3.05, 3.63) is 45.1 Å². The van der Waals surface area contributed by atoms with Crippen molar-refractivity contribution in [3.63, 3.8) is 0 Å². The zero-order valence-corrected chi connectivity index (χ0v) is 14.1. The number of halogens is 1. The van der Waals surface area contributed by atoms with Crippen molar-refractivity contribution in [3.8, 4) is 0 Å². The fourth-order valence-corrected chi connectivity index (χ4v) is 3.34. The second kappa shape index (κ2) is 5.74. The lowest BCUT2D eigenvalue weighted by molar-refractivity contribution is -0.115. The summed E-state index contributed by atoms with van der Waals surface area (Å²) in [6.45, 7) is 5.77.